The molecule has 0 aliphatic heterocycles. The Kier molecular flexibility index (Phi) is 6.95. The van der Waals surface area contributed by atoms with Gasteiger partial charge in [0.1, 0.15) is 0 Å². The minimum absolute atomic E-state index is 0.0840. The van der Waals surface area contributed by atoms with Gasteiger partial charge in [0.05, 0.1) is 18.6 Å². The van der Waals surface area contributed by atoms with Gasteiger partial charge >= 0.3 is 0 Å². The van der Waals surface area contributed by atoms with Gasteiger partial charge in [-0.3, -0.25) is 4.79 Å². The Morgan fingerprint density at radius 2 is 1.85 bits per heavy atom. The first kappa shape index (κ1) is 23.6. The normalized spacial score (nSPS) is 22.7. The number of hydrogen-bond donors (Lipinski definition) is 2. The maximum Gasteiger partial charge on any atom is 0.255 e. The van der Waals surface area contributed by atoms with Gasteiger partial charge in [-0.25, -0.2) is 13.1 Å². The third-order valence-electron chi connectivity index (χ3n) is 6.92. The van der Waals surface area contributed by atoms with Crippen LogP contribution in [-0.2, 0) is 10.0 Å². The molecule has 33 heavy (non-hydrogen) atoms. The molecule has 0 radical (unpaired) electrons. The van der Waals surface area contributed by atoms with Gasteiger partial charge in [0.25, 0.3) is 5.91 Å². The van der Waals surface area contributed by atoms with Gasteiger partial charge in [0.15, 0.2) is 11.5 Å². The largest absolute Gasteiger partial charge is 0.493 e. The molecule has 2 aromatic rings. The molecule has 8 heteroatoms. The molecule has 1 amide bonds. The number of amides is 1. The molecule has 2 N–H and O–H groups in total. The first-order valence-electron chi connectivity index (χ1n) is 11.5. The molecule has 7 nitrogen and oxygen atoms in total. The number of anilines is 1. The predicted octanol–water partition coefficient (Wildman–Crippen LogP) is 4.45. The molecular formula is C25H32N2O5S. The average Bonchev–Trinajstić information content (AvgIpc) is 3.43. The Bertz CT molecular complexity index is 1100. The summed E-state index contributed by atoms with van der Waals surface area (Å²) in [5.41, 5.74) is 0.922. The number of benzene rings is 2. The lowest BCUT2D eigenvalue weighted by Crippen LogP contribution is -2.40. The zero-order chi connectivity index (χ0) is 23.6. The van der Waals surface area contributed by atoms with Gasteiger partial charge in [-0.1, -0.05) is 6.42 Å². The van der Waals surface area contributed by atoms with E-state index in [2.05, 4.69) is 10.0 Å². The SMILES string of the molecule is CCOc1cc(C(=O)Nc2ccc(S(=O)(=O)N[C@H](C)[C@@H]3C[C@@H]4CC[C@@H]3C4)cc2)ccc1OC. The molecule has 0 aromatic heterocycles. The van der Waals surface area contributed by atoms with Crippen molar-refractivity contribution in [2.45, 2.75) is 50.5 Å². The number of carbonyl (C=O) groups excluding carboxylic acids is 1. The summed E-state index contributed by atoms with van der Waals surface area (Å²) in [6.45, 7) is 4.28. The number of nitrogens with one attached hydrogen (secondary N) is 2. The fourth-order valence-corrected chi connectivity index (χ4v) is 6.61. The molecule has 2 aromatic carbocycles. The monoisotopic (exact) mass is 472 g/mol. The van der Waals surface area contributed by atoms with Crippen LogP contribution in [-0.4, -0.2) is 34.1 Å². The molecule has 178 valence electrons. The lowest BCUT2D eigenvalue weighted by molar-refractivity contribution is 0.102. The summed E-state index contributed by atoms with van der Waals surface area (Å²) in [4.78, 5) is 12.9. The minimum atomic E-state index is -3.62. The fourth-order valence-electron chi connectivity index (χ4n) is 5.31. The van der Waals surface area contributed by atoms with Crippen LogP contribution in [0, 0.1) is 17.8 Å². The summed E-state index contributed by atoms with van der Waals surface area (Å²) >= 11 is 0. The third kappa shape index (κ3) is 5.17. The first-order chi connectivity index (χ1) is 15.8. The number of methoxy groups -OCH3 is 1. The van der Waals surface area contributed by atoms with Crippen LogP contribution in [0.2, 0.25) is 0 Å². The van der Waals surface area contributed by atoms with Crippen LogP contribution in [0.15, 0.2) is 47.4 Å². The molecule has 4 rings (SSSR count). The summed E-state index contributed by atoms with van der Waals surface area (Å²) in [5, 5.41) is 2.80. The van der Waals surface area contributed by atoms with Crippen LogP contribution in [0.4, 0.5) is 5.69 Å². The topological polar surface area (TPSA) is 93.7 Å². The second kappa shape index (κ2) is 9.73. The quantitative estimate of drug-likeness (QED) is 0.562. The highest BCUT2D eigenvalue weighted by Gasteiger charge is 2.42. The van der Waals surface area contributed by atoms with Crippen LogP contribution >= 0.6 is 0 Å². The van der Waals surface area contributed by atoms with E-state index in [0.29, 0.717) is 41.2 Å². The Morgan fingerprint density at radius 1 is 1.09 bits per heavy atom. The second-order valence-electron chi connectivity index (χ2n) is 9.03. The Hall–Kier alpha value is -2.58. The maximum absolute atomic E-state index is 12.9. The highest BCUT2D eigenvalue weighted by atomic mass is 32.2. The zero-order valence-electron chi connectivity index (χ0n) is 19.3. The summed E-state index contributed by atoms with van der Waals surface area (Å²) in [6, 6.07) is 11.1. The van der Waals surface area contributed by atoms with Crippen LogP contribution in [0.5, 0.6) is 11.5 Å². The first-order valence-corrected chi connectivity index (χ1v) is 13.0. The van der Waals surface area contributed by atoms with Crippen molar-refractivity contribution < 1.29 is 22.7 Å². The van der Waals surface area contributed by atoms with Crippen molar-refractivity contribution in [3.8, 4) is 11.5 Å². The van der Waals surface area contributed by atoms with Crippen molar-refractivity contribution in [2.24, 2.45) is 17.8 Å². The number of sulfonamides is 1. The van der Waals surface area contributed by atoms with E-state index < -0.39 is 10.0 Å². The molecule has 2 saturated carbocycles. The minimum Gasteiger partial charge on any atom is -0.493 e. The Balaban J connectivity index is 1.40. The van der Waals surface area contributed by atoms with Gasteiger partial charge in [-0.15, -0.1) is 0 Å². The molecule has 0 heterocycles. The number of hydrogen-bond acceptors (Lipinski definition) is 5. The standard InChI is InChI=1S/C25H32N2O5S/c1-4-32-24-15-19(7-12-23(24)31-3)25(28)26-20-8-10-21(11-9-20)33(29,30)27-16(2)22-14-17-5-6-18(22)13-17/h7-12,15-18,22,27H,4-6,13-14H2,1-3H3,(H,26,28)/t16-,17-,18-,22+/m1/s1. The second-order valence-corrected chi connectivity index (χ2v) is 10.7. The number of fused-ring (bicyclic) bond motifs is 2. The van der Waals surface area contributed by atoms with E-state index in [1.54, 1.807) is 37.4 Å². The molecule has 2 aliphatic rings. The predicted molar refractivity (Wildman–Crippen MR) is 127 cm³/mol. The van der Waals surface area contributed by atoms with Crippen molar-refractivity contribution in [3.05, 3.63) is 48.0 Å². The summed E-state index contributed by atoms with van der Waals surface area (Å²) < 4.78 is 39.4. The van der Waals surface area contributed by atoms with Gasteiger partial charge in [-0.2, -0.15) is 0 Å². The number of rotatable bonds is 9. The molecule has 0 unspecified atom stereocenters. The smallest absolute Gasteiger partial charge is 0.255 e. The van der Waals surface area contributed by atoms with Crippen molar-refractivity contribution >= 4 is 21.6 Å². The van der Waals surface area contributed by atoms with Crippen LogP contribution < -0.4 is 19.5 Å². The van der Waals surface area contributed by atoms with Gasteiger partial charge in [0.2, 0.25) is 10.0 Å². The average molecular weight is 473 g/mol. The molecule has 4 atom stereocenters. The lowest BCUT2D eigenvalue weighted by atomic mass is 9.84. The van der Waals surface area contributed by atoms with Crippen molar-refractivity contribution in [1.82, 2.24) is 4.72 Å². The van der Waals surface area contributed by atoms with Crippen molar-refractivity contribution in [3.63, 3.8) is 0 Å². The Labute approximate surface area is 195 Å². The molecule has 2 aliphatic carbocycles. The van der Waals surface area contributed by atoms with E-state index in [1.165, 1.54) is 31.4 Å². The van der Waals surface area contributed by atoms with Crippen LogP contribution in [0.1, 0.15) is 49.9 Å². The van der Waals surface area contributed by atoms with Crippen molar-refractivity contribution in [2.75, 3.05) is 19.0 Å². The van der Waals surface area contributed by atoms with Crippen LogP contribution in [0.25, 0.3) is 0 Å². The Morgan fingerprint density at radius 3 is 2.45 bits per heavy atom. The fraction of sp³-hybridized carbons (Fsp3) is 0.480. The molecular weight excluding hydrogens is 440 g/mol. The summed E-state index contributed by atoms with van der Waals surface area (Å²) in [7, 11) is -2.08. The highest BCUT2D eigenvalue weighted by molar-refractivity contribution is 7.89. The summed E-state index contributed by atoms with van der Waals surface area (Å²) in [5.74, 6) is 2.55. The van der Waals surface area contributed by atoms with Gasteiger partial charge < -0.3 is 14.8 Å². The third-order valence-corrected chi connectivity index (χ3v) is 8.50. The number of carbonyl (C=O) groups is 1. The molecule has 0 saturated heterocycles. The maximum atomic E-state index is 12.9. The molecule has 2 fully saturated rings. The van der Waals surface area contributed by atoms with Crippen LogP contribution in [0.3, 0.4) is 0 Å². The molecule has 0 spiro atoms. The van der Waals surface area contributed by atoms with E-state index >= 15 is 0 Å². The summed E-state index contributed by atoms with van der Waals surface area (Å²) in [6.07, 6.45) is 4.87. The zero-order valence-corrected chi connectivity index (χ0v) is 20.2. The van der Waals surface area contributed by atoms with E-state index in [0.717, 1.165) is 12.3 Å². The van der Waals surface area contributed by atoms with Crippen molar-refractivity contribution in [1.29, 1.82) is 0 Å². The lowest BCUT2D eigenvalue weighted by Gasteiger charge is -2.28. The van der Waals surface area contributed by atoms with E-state index in [-0.39, 0.29) is 16.8 Å². The van der Waals surface area contributed by atoms with E-state index in [4.69, 9.17) is 9.47 Å². The van der Waals surface area contributed by atoms with Gasteiger partial charge in [0, 0.05) is 17.3 Å². The van der Waals surface area contributed by atoms with Gasteiger partial charge in [-0.05, 0) is 93.3 Å². The highest BCUT2D eigenvalue weighted by Crippen LogP contribution is 2.49. The van der Waals surface area contributed by atoms with E-state index in [9.17, 15) is 13.2 Å². The number of ether oxygens (including phenoxy) is 2. The molecule has 2 bridgehead atoms. The van der Waals surface area contributed by atoms with E-state index in [1.807, 2.05) is 13.8 Å².